The fraction of sp³-hybridized carbons (Fsp3) is 0.562. The largest absolute Gasteiger partial charge is 0.496 e. The number of nitrogens with zero attached hydrogens (tertiary/aromatic N) is 1. The number of carbonyl (C=O) groups is 1. The number of halogens is 1. The van der Waals surface area contributed by atoms with Gasteiger partial charge >= 0.3 is 0 Å². The molecule has 2 rings (SSSR count). The van der Waals surface area contributed by atoms with E-state index in [0.29, 0.717) is 22.9 Å². The minimum atomic E-state index is -0.129. The van der Waals surface area contributed by atoms with Crippen molar-refractivity contribution in [1.82, 2.24) is 10.2 Å². The zero-order valence-corrected chi connectivity index (χ0v) is 13.3. The molecule has 1 aliphatic rings. The Kier molecular flexibility index (Phi) is 6.33. The number of ether oxygens (including phenoxy) is 1. The van der Waals surface area contributed by atoms with E-state index in [1.54, 1.807) is 25.3 Å². The molecular formula is C16H23ClN2O2. The van der Waals surface area contributed by atoms with Crippen molar-refractivity contribution in [2.45, 2.75) is 25.7 Å². The van der Waals surface area contributed by atoms with Crippen LogP contribution in [0, 0.1) is 0 Å². The third-order valence-electron chi connectivity index (χ3n) is 3.79. The summed E-state index contributed by atoms with van der Waals surface area (Å²) in [6.07, 6.45) is 4.76. The molecule has 1 heterocycles. The van der Waals surface area contributed by atoms with Crippen LogP contribution in [0.1, 0.15) is 36.0 Å². The van der Waals surface area contributed by atoms with Crippen LogP contribution in [0.15, 0.2) is 18.2 Å². The zero-order valence-electron chi connectivity index (χ0n) is 12.5. The number of unbranched alkanes of at least 4 members (excludes halogenated alkanes) is 1. The van der Waals surface area contributed by atoms with Crippen LogP contribution in [0.5, 0.6) is 5.75 Å². The van der Waals surface area contributed by atoms with E-state index in [9.17, 15) is 4.79 Å². The number of rotatable bonds is 7. The first-order valence-corrected chi connectivity index (χ1v) is 7.92. The lowest BCUT2D eigenvalue weighted by Gasteiger charge is -2.14. The highest BCUT2D eigenvalue weighted by Gasteiger charge is 2.13. The van der Waals surface area contributed by atoms with Gasteiger partial charge in [-0.25, -0.2) is 0 Å². The molecule has 0 aliphatic carbocycles. The van der Waals surface area contributed by atoms with E-state index in [1.807, 2.05) is 0 Å². The standard InChI is InChI=1S/C16H23ClN2O2/c1-21-15-7-6-13(17)12-14(15)16(20)18-8-2-3-9-19-10-4-5-11-19/h6-7,12H,2-5,8-11H2,1H3,(H,18,20). The smallest absolute Gasteiger partial charge is 0.255 e. The number of carbonyl (C=O) groups excluding carboxylic acids is 1. The lowest BCUT2D eigenvalue weighted by Crippen LogP contribution is -2.26. The Balaban J connectivity index is 1.72. The van der Waals surface area contributed by atoms with E-state index < -0.39 is 0 Å². The maximum Gasteiger partial charge on any atom is 0.255 e. The Morgan fingerprint density at radius 3 is 2.81 bits per heavy atom. The molecule has 0 radical (unpaired) electrons. The average Bonchev–Trinajstić information content (AvgIpc) is 3.00. The summed E-state index contributed by atoms with van der Waals surface area (Å²) in [6.45, 7) is 4.27. The highest BCUT2D eigenvalue weighted by Crippen LogP contribution is 2.22. The Labute approximate surface area is 131 Å². The second kappa shape index (κ2) is 8.25. The van der Waals surface area contributed by atoms with Crippen molar-refractivity contribution in [2.24, 2.45) is 0 Å². The average molecular weight is 311 g/mol. The molecule has 5 heteroatoms. The summed E-state index contributed by atoms with van der Waals surface area (Å²) in [5.74, 6) is 0.421. The van der Waals surface area contributed by atoms with E-state index >= 15 is 0 Å². The van der Waals surface area contributed by atoms with Crippen LogP contribution in [0.4, 0.5) is 0 Å². The fourth-order valence-corrected chi connectivity index (χ4v) is 2.79. The maximum absolute atomic E-state index is 12.1. The summed E-state index contributed by atoms with van der Waals surface area (Å²) in [5, 5.41) is 3.47. The van der Waals surface area contributed by atoms with Crippen LogP contribution < -0.4 is 10.1 Å². The van der Waals surface area contributed by atoms with Gasteiger partial charge in [-0.05, 0) is 63.5 Å². The van der Waals surface area contributed by atoms with Gasteiger partial charge in [0.1, 0.15) is 5.75 Å². The lowest BCUT2D eigenvalue weighted by atomic mass is 10.2. The molecule has 1 aromatic rings. The van der Waals surface area contributed by atoms with Gasteiger partial charge < -0.3 is 15.0 Å². The van der Waals surface area contributed by atoms with Gasteiger partial charge in [-0.1, -0.05) is 11.6 Å². The molecule has 1 aliphatic heterocycles. The predicted octanol–water partition coefficient (Wildman–Crippen LogP) is 2.95. The topological polar surface area (TPSA) is 41.6 Å². The van der Waals surface area contributed by atoms with Gasteiger partial charge in [-0.2, -0.15) is 0 Å². The molecule has 0 saturated carbocycles. The molecule has 0 atom stereocenters. The van der Waals surface area contributed by atoms with Crippen molar-refractivity contribution in [2.75, 3.05) is 33.3 Å². The van der Waals surface area contributed by atoms with Crippen LogP contribution in [-0.2, 0) is 0 Å². The van der Waals surface area contributed by atoms with Gasteiger partial charge in [0.2, 0.25) is 0 Å². The number of hydrogen-bond acceptors (Lipinski definition) is 3. The monoisotopic (exact) mass is 310 g/mol. The summed E-state index contributed by atoms with van der Waals surface area (Å²) < 4.78 is 5.19. The molecule has 0 spiro atoms. The summed E-state index contributed by atoms with van der Waals surface area (Å²) in [4.78, 5) is 14.6. The highest BCUT2D eigenvalue weighted by molar-refractivity contribution is 6.31. The summed E-state index contributed by atoms with van der Waals surface area (Å²) in [6, 6.07) is 5.07. The van der Waals surface area contributed by atoms with Gasteiger partial charge in [0.15, 0.2) is 0 Å². The number of benzene rings is 1. The third kappa shape index (κ3) is 4.90. The van der Waals surface area contributed by atoms with Crippen LogP contribution in [-0.4, -0.2) is 44.1 Å². The van der Waals surface area contributed by atoms with Crippen LogP contribution in [0.2, 0.25) is 5.02 Å². The molecule has 0 bridgehead atoms. The van der Waals surface area contributed by atoms with E-state index in [4.69, 9.17) is 16.3 Å². The first kappa shape index (κ1) is 16.1. The second-order valence-corrected chi connectivity index (χ2v) is 5.79. The molecular weight excluding hydrogens is 288 g/mol. The molecule has 1 N–H and O–H groups in total. The molecule has 1 fully saturated rings. The minimum absolute atomic E-state index is 0.129. The van der Waals surface area contributed by atoms with E-state index in [0.717, 1.165) is 19.4 Å². The first-order chi connectivity index (χ1) is 10.2. The summed E-state index contributed by atoms with van der Waals surface area (Å²) >= 11 is 5.93. The molecule has 21 heavy (non-hydrogen) atoms. The molecule has 1 amide bonds. The van der Waals surface area contributed by atoms with Crippen molar-refractivity contribution in [3.05, 3.63) is 28.8 Å². The lowest BCUT2D eigenvalue weighted by molar-refractivity contribution is 0.0949. The number of hydrogen-bond donors (Lipinski definition) is 1. The van der Waals surface area contributed by atoms with Gasteiger partial charge in [0.25, 0.3) is 5.91 Å². The number of amides is 1. The SMILES string of the molecule is COc1ccc(Cl)cc1C(=O)NCCCCN1CCCC1. The van der Waals surface area contributed by atoms with Gasteiger partial charge in [-0.3, -0.25) is 4.79 Å². The van der Waals surface area contributed by atoms with Crippen LogP contribution in [0.3, 0.4) is 0 Å². The molecule has 1 aromatic carbocycles. The highest BCUT2D eigenvalue weighted by atomic mass is 35.5. The van der Waals surface area contributed by atoms with Crippen molar-refractivity contribution < 1.29 is 9.53 Å². The molecule has 116 valence electrons. The van der Waals surface area contributed by atoms with Crippen molar-refractivity contribution >= 4 is 17.5 Å². The van der Waals surface area contributed by atoms with Gasteiger partial charge in [0.05, 0.1) is 12.7 Å². The summed E-state index contributed by atoms with van der Waals surface area (Å²) in [5.41, 5.74) is 0.490. The van der Waals surface area contributed by atoms with E-state index in [2.05, 4.69) is 10.2 Å². The Hall–Kier alpha value is -1.26. The first-order valence-electron chi connectivity index (χ1n) is 7.55. The van der Waals surface area contributed by atoms with E-state index in [1.165, 1.54) is 25.9 Å². The minimum Gasteiger partial charge on any atom is -0.496 e. The summed E-state index contributed by atoms with van der Waals surface area (Å²) in [7, 11) is 1.55. The number of nitrogens with one attached hydrogen (secondary N) is 1. The fourth-order valence-electron chi connectivity index (χ4n) is 2.62. The Morgan fingerprint density at radius 2 is 2.10 bits per heavy atom. The molecule has 0 unspecified atom stereocenters. The molecule has 0 aromatic heterocycles. The van der Waals surface area contributed by atoms with Crippen molar-refractivity contribution in [1.29, 1.82) is 0 Å². The van der Waals surface area contributed by atoms with Gasteiger partial charge in [-0.15, -0.1) is 0 Å². The van der Waals surface area contributed by atoms with Crippen molar-refractivity contribution in [3.8, 4) is 5.75 Å². The predicted molar refractivity (Wildman–Crippen MR) is 85.2 cm³/mol. The number of methoxy groups -OCH3 is 1. The van der Waals surface area contributed by atoms with E-state index in [-0.39, 0.29) is 5.91 Å². The quantitative estimate of drug-likeness (QED) is 0.787. The second-order valence-electron chi connectivity index (χ2n) is 5.36. The van der Waals surface area contributed by atoms with Crippen LogP contribution >= 0.6 is 11.6 Å². The van der Waals surface area contributed by atoms with Crippen LogP contribution in [0.25, 0.3) is 0 Å². The zero-order chi connectivity index (χ0) is 15.1. The van der Waals surface area contributed by atoms with Gasteiger partial charge in [0, 0.05) is 11.6 Å². The Bertz CT molecular complexity index is 473. The third-order valence-corrected chi connectivity index (χ3v) is 4.03. The molecule has 1 saturated heterocycles. The number of likely N-dealkylation sites (tertiary alicyclic amines) is 1. The Morgan fingerprint density at radius 1 is 1.33 bits per heavy atom. The normalized spacial score (nSPS) is 15.1. The molecule has 4 nitrogen and oxygen atoms in total. The van der Waals surface area contributed by atoms with Crippen molar-refractivity contribution in [3.63, 3.8) is 0 Å². The maximum atomic E-state index is 12.1.